The first-order valence-electron chi connectivity index (χ1n) is 5.92. The molecule has 17 heavy (non-hydrogen) atoms. The molecule has 0 aliphatic carbocycles. The summed E-state index contributed by atoms with van der Waals surface area (Å²) in [4.78, 5) is 0. The first-order valence-corrected chi connectivity index (χ1v) is 5.92. The minimum atomic E-state index is 0.319. The van der Waals surface area contributed by atoms with E-state index in [-0.39, 0.29) is 0 Å². The van der Waals surface area contributed by atoms with E-state index in [9.17, 15) is 0 Å². The quantitative estimate of drug-likeness (QED) is 0.788. The third-order valence-electron chi connectivity index (χ3n) is 3.16. The molecule has 0 aliphatic rings. The Bertz CT molecular complexity index is 492. The van der Waals surface area contributed by atoms with Crippen LogP contribution in [0, 0.1) is 0 Å². The predicted molar refractivity (Wildman–Crippen MR) is 73.8 cm³/mol. The number of hydrogen-bond acceptors (Lipinski definition) is 2. The van der Waals surface area contributed by atoms with Gasteiger partial charge in [-0.05, 0) is 23.6 Å². The molecule has 0 aliphatic heterocycles. The van der Waals surface area contributed by atoms with Crippen LogP contribution in [-0.4, -0.2) is 0 Å². The fourth-order valence-corrected chi connectivity index (χ4v) is 2.23. The molecule has 1 unspecified atom stereocenters. The molecule has 0 fully saturated rings. The Hall–Kier alpha value is -1.96. The summed E-state index contributed by atoms with van der Waals surface area (Å²) in [7, 11) is 0. The maximum absolute atomic E-state index is 6.07. The molecular formula is C15H18N2. The molecule has 0 heterocycles. The minimum absolute atomic E-state index is 0.319. The van der Waals surface area contributed by atoms with Crippen LogP contribution in [0.4, 0.5) is 11.4 Å². The van der Waals surface area contributed by atoms with E-state index in [4.69, 9.17) is 11.5 Å². The zero-order valence-corrected chi connectivity index (χ0v) is 10.1. The highest BCUT2D eigenvalue weighted by atomic mass is 14.7. The van der Waals surface area contributed by atoms with E-state index in [2.05, 4.69) is 37.3 Å². The van der Waals surface area contributed by atoms with Crippen molar-refractivity contribution >= 4 is 11.4 Å². The molecule has 4 N–H and O–H groups in total. The summed E-state index contributed by atoms with van der Waals surface area (Å²) in [5.41, 5.74) is 15.7. The number of benzene rings is 2. The molecule has 2 aromatic carbocycles. The van der Waals surface area contributed by atoms with E-state index in [0.29, 0.717) is 17.3 Å². The van der Waals surface area contributed by atoms with Crippen molar-refractivity contribution in [2.24, 2.45) is 0 Å². The second-order valence-corrected chi connectivity index (χ2v) is 4.22. The van der Waals surface area contributed by atoms with Crippen molar-refractivity contribution in [3.8, 4) is 0 Å². The third kappa shape index (κ3) is 2.26. The number of nitrogens with two attached hydrogens (primary N) is 2. The summed E-state index contributed by atoms with van der Waals surface area (Å²) in [5, 5.41) is 0. The van der Waals surface area contributed by atoms with Gasteiger partial charge in [-0.2, -0.15) is 0 Å². The summed E-state index contributed by atoms with van der Waals surface area (Å²) in [6, 6.07) is 16.3. The van der Waals surface area contributed by atoms with Crippen LogP contribution in [0.3, 0.4) is 0 Å². The summed E-state index contributed by atoms with van der Waals surface area (Å²) in [5.74, 6) is 0.319. The molecule has 88 valence electrons. The Kier molecular flexibility index (Phi) is 3.33. The highest BCUT2D eigenvalue weighted by Crippen LogP contribution is 2.33. The SMILES string of the molecule is CCC(c1ccccc1)c1cccc(N)c1N. The van der Waals surface area contributed by atoms with Crippen LogP contribution in [0.1, 0.15) is 30.4 Å². The number of para-hydroxylation sites is 1. The fourth-order valence-electron chi connectivity index (χ4n) is 2.23. The van der Waals surface area contributed by atoms with Gasteiger partial charge in [0, 0.05) is 5.92 Å². The van der Waals surface area contributed by atoms with E-state index in [0.717, 1.165) is 12.0 Å². The van der Waals surface area contributed by atoms with Gasteiger partial charge in [0.25, 0.3) is 0 Å². The van der Waals surface area contributed by atoms with Crippen LogP contribution < -0.4 is 11.5 Å². The van der Waals surface area contributed by atoms with Gasteiger partial charge in [-0.25, -0.2) is 0 Å². The van der Waals surface area contributed by atoms with Gasteiger partial charge in [0.05, 0.1) is 11.4 Å². The summed E-state index contributed by atoms with van der Waals surface area (Å²) >= 11 is 0. The van der Waals surface area contributed by atoms with E-state index in [1.807, 2.05) is 18.2 Å². The molecule has 0 amide bonds. The average molecular weight is 226 g/mol. The van der Waals surface area contributed by atoms with Crippen LogP contribution in [0.5, 0.6) is 0 Å². The summed E-state index contributed by atoms with van der Waals surface area (Å²) in [6.45, 7) is 2.17. The van der Waals surface area contributed by atoms with Crippen LogP contribution >= 0.6 is 0 Å². The minimum Gasteiger partial charge on any atom is -0.397 e. The molecule has 2 heteroatoms. The van der Waals surface area contributed by atoms with Crippen LogP contribution in [0.2, 0.25) is 0 Å². The highest BCUT2D eigenvalue weighted by molar-refractivity contribution is 5.68. The van der Waals surface area contributed by atoms with Crippen molar-refractivity contribution < 1.29 is 0 Å². The Morgan fingerprint density at radius 2 is 1.65 bits per heavy atom. The lowest BCUT2D eigenvalue weighted by molar-refractivity contribution is 0.780. The molecule has 2 aromatic rings. The lowest BCUT2D eigenvalue weighted by Gasteiger charge is -2.18. The normalized spacial score (nSPS) is 12.3. The van der Waals surface area contributed by atoms with Crippen molar-refractivity contribution in [2.75, 3.05) is 11.5 Å². The van der Waals surface area contributed by atoms with Crippen LogP contribution in [0.15, 0.2) is 48.5 Å². The Balaban J connectivity index is 2.46. The predicted octanol–water partition coefficient (Wildman–Crippen LogP) is 3.39. The number of nitrogen functional groups attached to an aromatic ring is 2. The Morgan fingerprint density at radius 3 is 2.29 bits per heavy atom. The Morgan fingerprint density at radius 1 is 0.941 bits per heavy atom. The number of hydrogen-bond donors (Lipinski definition) is 2. The van der Waals surface area contributed by atoms with Gasteiger partial charge in [0.15, 0.2) is 0 Å². The zero-order chi connectivity index (χ0) is 12.3. The van der Waals surface area contributed by atoms with Crippen LogP contribution in [0.25, 0.3) is 0 Å². The average Bonchev–Trinajstić information content (AvgIpc) is 2.37. The van der Waals surface area contributed by atoms with E-state index in [1.165, 1.54) is 5.56 Å². The highest BCUT2D eigenvalue weighted by Gasteiger charge is 2.15. The van der Waals surface area contributed by atoms with Crippen molar-refractivity contribution in [3.05, 3.63) is 59.7 Å². The maximum atomic E-state index is 6.07. The van der Waals surface area contributed by atoms with Gasteiger partial charge in [-0.1, -0.05) is 49.4 Å². The first-order chi connectivity index (χ1) is 8.24. The van der Waals surface area contributed by atoms with Crippen molar-refractivity contribution in [1.29, 1.82) is 0 Å². The second-order valence-electron chi connectivity index (χ2n) is 4.22. The molecule has 2 rings (SSSR count). The molecule has 0 radical (unpaired) electrons. The van der Waals surface area contributed by atoms with Gasteiger partial charge < -0.3 is 11.5 Å². The number of rotatable bonds is 3. The summed E-state index contributed by atoms with van der Waals surface area (Å²) in [6.07, 6.45) is 1.01. The zero-order valence-electron chi connectivity index (χ0n) is 10.1. The van der Waals surface area contributed by atoms with E-state index < -0.39 is 0 Å². The summed E-state index contributed by atoms with van der Waals surface area (Å²) < 4.78 is 0. The molecule has 0 spiro atoms. The molecule has 0 saturated heterocycles. The van der Waals surface area contributed by atoms with Crippen molar-refractivity contribution in [2.45, 2.75) is 19.3 Å². The van der Waals surface area contributed by atoms with Crippen molar-refractivity contribution in [1.82, 2.24) is 0 Å². The van der Waals surface area contributed by atoms with E-state index in [1.54, 1.807) is 0 Å². The first kappa shape index (κ1) is 11.5. The van der Waals surface area contributed by atoms with Gasteiger partial charge in [-0.3, -0.25) is 0 Å². The molecule has 0 saturated carbocycles. The monoisotopic (exact) mass is 226 g/mol. The fraction of sp³-hybridized carbons (Fsp3) is 0.200. The lowest BCUT2D eigenvalue weighted by atomic mass is 9.88. The standard InChI is InChI=1S/C15H18N2/c1-2-12(11-7-4-3-5-8-11)13-9-6-10-14(16)15(13)17/h3-10,12H,2,16-17H2,1H3. The lowest BCUT2D eigenvalue weighted by Crippen LogP contribution is -2.06. The second kappa shape index (κ2) is 4.91. The molecule has 0 bridgehead atoms. The van der Waals surface area contributed by atoms with Gasteiger partial charge >= 0.3 is 0 Å². The topological polar surface area (TPSA) is 52.0 Å². The molecule has 0 aromatic heterocycles. The molecular weight excluding hydrogens is 208 g/mol. The van der Waals surface area contributed by atoms with Gasteiger partial charge in [0.2, 0.25) is 0 Å². The smallest absolute Gasteiger partial charge is 0.0586 e. The Labute approximate surface area is 102 Å². The molecule has 1 atom stereocenters. The van der Waals surface area contributed by atoms with Gasteiger partial charge in [-0.15, -0.1) is 0 Å². The van der Waals surface area contributed by atoms with Gasteiger partial charge in [0.1, 0.15) is 0 Å². The van der Waals surface area contributed by atoms with E-state index >= 15 is 0 Å². The van der Waals surface area contributed by atoms with Crippen LogP contribution in [-0.2, 0) is 0 Å². The largest absolute Gasteiger partial charge is 0.397 e. The third-order valence-corrected chi connectivity index (χ3v) is 3.16. The number of anilines is 2. The maximum Gasteiger partial charge on any atom is 0.0586 e. The molecule has 2 nitrogen and oxygen atoms in total. The van der Waals surface area contributed by atoms with Crippen molar-refractivity contribution in [3.63, 3.8) is 0 Å².